The zero-order valence-electron chi connectivity index (χ0n) is 18.5. The third-order valence-corrected chi connectivity index (χ3v) is 5.86. The number of benzene rings is 2. The topological polar surface area (TPSA) is 69.6 Å². The molecule has 174 valence electrons. The Balaban J connectivity index is 0.00000114. The van der Waals surface area contributed by atoms with Gasteiger partial charge in [0.15, 0.2) is 0 Å². The van der Waals surface area contributed by atoms with Gasteiger partial charge in [-0.15, -0.1) is 0 Å². The minimum absolute atomic E-state index is 0.127. The van der Waals surface area contributed by atoms with Crippen molar-refractivity contribution in [3.8, 4) is 0 Å². The predicted molar refractivity (Wildman–Crippen MR) is 117 cm³/mol. The van der Waals surface area contributed by atoms with Crippen molar-refractivity contribution in [2.24, 2.45) is 0 Å². The third kappa shape index (κ3) is 5.68. The number of nitrogens with one attached hydrogen (secondary N) is 1. The van der Waals surface area contributed by atoms with E-state index in [1.54, 1.807) is 6.92 Å². The Kier molecular flexibility index (Phi) is 8.44. The van der Waals surface area contributed by atoms with E-state index in [0.717, 1.165) is 31.0 Å². The van der Waals surface area contributed by atoms with Crippen LogP contribution in [0.4, 0.5) is 13.2 Å². The maximum Gasteiger partial charge on any atom is 0.416 e. The van der Waals surface area contributed by atoms with Crippen molar-refractivity contribution in [3.05, 3.63) is 70.3 Å². The summed E-state index contributed by atoms with van der Waals surface area (Å²) in [6.45, 7) is 4.58. The van der Waals surface area contributed by atoms with Crippen LogP contribution in [0.15, 0.2) is 42.5 Å². The molecule has 0 bridgehead atoms. The Morgan fingerprint density at radius 3 is 2.38 bits per heavy atom. The highest BCUT2D eigenvalue weighted by molar-refractivity contribution is 5.96. The molecule has 1 aliphatic heterocycles. The Bertz CT molecular complexity index is 932. The molecular formula is C24H29F3N2O3. The average molecular weight is 451 g/mol. The van der Waals surface area contributed by atoms with Gasteiger partial charge in [-0.25, -0.2) is 0 Å². The molecule has 0 radical (unpaired) electrons. The lowest BCUT2D eigenvalue weighted by Gasteiger charge is -2.42. The minimum Gasteiger partial charge on any atom is -0.483 e. The van der Waals surface area contributed by atoms with Gasteiger partial charge in [0.2, 0.25) is 0 Å². The molecule has 0 spiro atoms. The summed E-state index contributed by atoms with van der Waals surface area (Å²) in [4.78, 5) is 23.8. The maximum atomic E-state index is 13.3. The fraction of sp³-hybridized carbons (Fsp3) is 0.417. The minimum atomic E-state index is -4.43. The molecule has 1 saturated heterocycles. The highest BCUT2D eigenvalue weighted by atomic mass is 19.4. The number of hydrogen-bond acceptors (Lipinski definition) is 3. The smallest absolute Gasteiger partial charge is 0.416 e. The van der Waals surface area contributed by atoms with E-state index in [0.29, 0.717) is 24.1 Å². The van der Waals surface area contributed by atoms with Crippen LogP contribution in [0.3, 0.4) is 0 Å². The lowest BCUT2D eigenvalue weighted by atomic mass is 9.81. The van der Waals surface area contributed by atoms with Crippen LogP contribution in [0, 0.1) is 6.92 Å². The number of carbonyl (C=O) groups excluding carboxylic acids is 1. The van der Waals surface area contributed by atoms with Crippen LogP contribution in [0.25, 0.3) is 0 Å². The van der Waals surface area contributed by atoms with Crippen LogP contribution < -0.4 is 5.32 Å². The Hall–Kier alpha value is -2.87. The molecule has 5 nitrogen and oxygen atoms in total. The molecule has 1 unspecified atom stereocenters. The van der Waals surface area contributed by atoms with Crippen LogP contribution in [0.5, 0.6) is 0 Å². The number of nitrogens with zero attached hydrogens (tertiary/aromatic N) is 1. The lowest BCUT2D eigenvalue weighted by Crippen LogP contribution is -2.55. The number of likely N-dealkylation sites (tertiary alicyclic amines) is 1. The SMILES string of the molecule is CCc1c(C(=O)NC2(c3ccccc3)CCCN(C)C2)ccc(C(F)(F)F)c1C.O=CO. The van der Waals surface area contributed by atoms with E-state index >= 15 is 0 Å². The van der Waals surface area contributed by atoms with Gasteiger partial charge >= 0.3 is 6.18 Å². The van der Waals surface area contributed by atoms with Gasteiger partial charge in [-0.2, -0.15) is 13.2 Å². The molecular weight excluding hydrogens is 421 g/mol. The van der Waals surface area contributed by atoms with Crippen molar-refractivity contribution in [1.29, 1.82) is 0 Å². The Morgan fingerprint density at radius 2 is 1.84 bits per heavy atom. The van der Waals surface area contributed by atoms with Crippen molar-refractivity contribution < 1.29 is 27.9 Å². The summed E-state index contributed by atoms with van der Waals surface area (Å²) >= 11 is 0. The van der Waals surface area contributed by atoms with Gasteiger partial charge in [-0.05, 0) is 68.6 Å². The van der Waals surface area contributed by atoms with Crippen molar-refractivity contribution in [2.75, 3.05) is 20.1 Å². The second kappa shape index (κ2) is 10.6. The first-order valence-electron chi connectivity index (χ1n) is 10.4. The molecule has 1 heterocycles. The number of alkyl halides is 3. The van der Waals surface area contributed by atoms with Gasteiger partial charge in [0.25, 0.3) is 12.4 Å². The van der Waals surface area contributed by atoms with Gasteiger partial charge in [-0.1, -0.05) is 37.3 Å². The van der Waals surface area contributed by atoms with Gasteiger partial charge in [-0.3, -0.25) is 9.59 Å². The molecule has 1 atom stereocenters. The van der Waals surface area contributed by atoms with Crippen LogP contribution in [0.1, 0.15) is 52.4 Å². The van der Waals surface area contributed by atoms with Crippen LogP contribution in [0.2, 0.25) is 0 Å². The maximum absolute atomic E-state index is 13.3. The van der Waals surface area contributed by atoms with E-state index < -0.39 is 17.3 Å². The second-order valence-corrected chi connectivity index (χ2v) is 7.96. The molecule has 0 saturated carbocycles. The Morgan fingerprint density at radius 1 is 1.22 bits per heavy atom. The Labute approximate surface area is 186 Å². The summed E-state index contributed by atoms with van der Waals surface area (Å²) in [5.74, 6) is -0.321. The number of halogens is 3. The number of carbonyl (C=O) groups is 2. The summed E-state index contributed by atoms with van der Waals surface area (Å²) in [5.41, 5.74) is 0.670. The molecule has 32 heavy (non-hydrogen) atoms. The van der Waals surface area contributed by atoms with E-state index in [1.165, 1.54) is 13.0 Å². The number of likely N-dealkylation sites (N-methyl/N-ethyl adjacent to an activating group) is 1. The van der Waals surface area contributed by atoms with Gasteiger partial charge in [0.05, 0.1) is 11.1 Å². The monoisotopic (exact) mass is 450 g/mol. The number of piperidine rings is 1. The van der Waals surface area contributed by atoms with Crippen molar-refractivity contribution in [2.45, 2.75) is 44.8 Å². The highest BCUT2D eigenvalue weighted by Gasteiger charge is 2.39. The lowest BCUT2D eigenvalue weighted by molar-refractivity contribution is -0.138. The first kappa shape index (κ1) is 25.4. The number of amides is 1. The van der Waals surface area contributed by atoms with Gasteiger partial charge < -0.3 is 15.3 Å². The van der Waals surface area contributed by atoms with E-state index in [-0.39, 0.29) is 17.9 Å². The predicted octanol–water partition coefficient (Wildman–Crippen LogP) is 4.63. The zero-order valence-corrected chi connectivity index (χ0v) is 18.5. The van der Waals surface area contributed by atoms with Crippen molar-refractivity contribution in [3.63, 3.8) is 0 Å². The quantitative estimate of drug-likeness (QED) is 0.667. The molecule has 0 aromatic heterocycles. The molecule has 2 N–H and O–H groups in total. The molecule has 3 rings (SSSR count). The second-order valence-electron chi connectivity index (χ2n) is 7.96. The van der Waals surface area contributed by atoms with E-state index in [4.69, 9.17) is 9.90 Å². The first-order valence-corrected chi connectivity index (χ1v) is 10.4. The third-order valence-electron chi connectivity index (χ3n) is 5.86. The molecule has 1 aliphatic rings. The van der Waals surface area contributed by atoms with Gasteiger partial charge in [0, 0.05) is 12.1 Å². The fourth-order valence-electron chi connectivity index (χ4n) is 4.45. The average Bonchev–Trinajstić information content (AvgIpc) is 2.73. The largest absolute Gasteiger partial charge is 0.483 e. The summed E-state index contributed by atoms with van der Waals surface area (Å²) in [7, 11) is 2.02. The molecule has 0 aliphatic carbocycles. The standard InChI is InChI=1S/C23H27F3N2O.CH2O2/c1-4-18-16(2)20(23(24,25)26)12-11-19(18)21(29)27-22(13-8-14-28(3)15-22)17-9-6-5-7-10-17;2-1-3/h5-7,9-12H,4,8,13-15H2,1-3H3,(H,27,29);1H,(H,2,3). The number of rotatable bonds is 4. The van der Waals surface area contributed by atoms with E-state index in [9.17, 15) is 18.0 Å². The van der Waals surface area contributed by atoms with Crippen LogP contribution >= 0.6 is 0 Å². The molecule has 1 fully saturated rings. The van der Waals surface area contributed by atoms with Crippen LogP contribution in [-0.2, 0) is 22.9 Å². The zero-order chi connectivity index (χ0) is 23.9. The van der Waals surface area contributed by atoms with Crippen molar-refractivity contribution >= 4 is 12.4 Å². The molecule has 8 heteroatoms. The fourth-order valence-corrected chi connectivity index (χ4v) is 4.45. The number of carboxylic acid groups (broad SMARTS) is 1. The van der Waals surface area contributed by atoms with E-state index in [1.807, 2.05) is 37.4 Å². The molecule has 2 aromatic carbocycles. The summed E-state index contributed by atoms with van der Waals surface area (Å²) < 4.78 is 39.9. The first-order chi connectivity index (χ1) is 15.1. The normalized spacial score (nSPS) is 18.9. The van der Waals surface area contributed by atoms with E-state index in [2.05, 4.69) is 10.2 Å². The molecule has 1 amide bonds. The van der Waals surface area contributed by atoms with Crippen molar-refractivity contribution in [1.82, 2.24) is 10.2 Å². The number of hydrogen-bond donors (Lipinski definition) is 2. The van der Waals surface area contributed by atoms with Gasteiger partial charge in [0.1, 0.15) is 0 Å². The summed E-state index contributed by atoms with van der Waals surface area (Å²) in [6, 6.07) is 12.1. The summed E-state index contributed by atoms with van der Waals surface area (Å²) in [5, 5.41) is 10.1. The molecule has 2 aromatic rings. The highest BCUT2D eigenvalue weighted by Crippen LogP contribution is 2.35. The van der Waals surface area contributed by atoms with Crippen LogP contribution in [-0.4, -0.2) is 42.5 Å². The summed E-state index contributed by atoms with van der Waals surface area (Å²) in [6.07, 6.45) is -2.36.